The van der Waals surface area contributed by atoms with Gasteiger partial charge < -0.3 is 16.4 Å². The number of urea groups is 1. The van der Waals surface area contributed by atoms with E-state index in [1.54, 1.807) is 24.3 Å². The summed E-state index contributed by atoms with van der Waals surface area (Å²) in [5, 5.41) is 5.47. The number of benzene rings is 2. The number of carbonyl (C=O) groups excluding carboxylic acids is 2. The minimum Gasteiger partial charge on any atom is -0.351 e. The fraction of sp³-hybridized carbons (Fsp3) is 0.300. The van der Waals surface area contributed by atoms with Crippen LogP contribution in [-0.4, -0.2) is 18.5 Å². The molecule has 0 bridgehead atoms. The number of rotatable bonds is 5. The van der Waals surface area contributed by atoms with Crippen LogP contribution < -0.4 is 16.4 Å². The Balaban J connectivity index is 1.68. The average Bonchev–Trinajstić information content (AvgIpc) is 3.10. The highest BCUT2D eigenvalue weighted by molar-refractivity contribution is 5.95. The van der Waals surface area contributed by atoms with Gasteiger partial charge in [-0.1, -0.05) is 25.0 Å². The number of amides is 3. The molecule has 26 heavy (non-hydrogen) atoms. The van der Waals surface area contributed by atoms with E-state index in [0.717, 1.165) is 31.2 Å². The van der Waals surface area contributed by atoms with Gasteiger partial charge in [-0.15, -0.1) is 0 Å². The molecule has 2 aromatic rings. The van der Waals surface area contributed by atoms with Gasteiger partial charge in [0.2, 0.25) is 0 Å². The fourth-order valence-electron chi connectivity index (χ4n) is 3.62. The van der Waals surface area contributed by atoms with E-state index in [-0.39, 0.29) is 17.1 Å². The van der Waals surface area contributed by atoms with Gasteiger partial charge in [0.1, 0.15) is 5.82 Å². The summed E-state index contributed by atoms with van der Waals surface area (Å²) >= 11 is 0. The standard InChI is InChI=1S/C20H22FN3O2/c21-16-7-5-15(6-8-16)20(11-1-2-12-20)13-23-18(25)14-3-9-17(10-4-14)24-19(22)26/h3-10H,1-2,11-13H2,(H,23,25)(H3,22,24,26). The molecule has 0 radical (unpaired) electrons. The maximum absolute atomic E-state index is 13.2. The number of carbonyl (C=O) groups is 2. The Bertz CT molecular complexity index is 782. The van der Waals surface area contributed by atoms with Gasteiger partial charge in [-0.05, 0) is 54.8 Å². The number of hydrogen-bond donors (Lipinski definition) is 3. The van der Waals surface area contributed by atoms with Crippen molar-refractivity contribution in [2.75, 3.05) is 11.9 Å². The van der Waals surface area contributed by atoms with Gasteiger partial charge in [0.25, 0.3) is 5.91 Å². The number of hydrogen-bond acceptors (Lipinski definition) is 2. The van der Waals surface area contributed by atoms with Gasteiger partial charge in [0.15, 0.2) is 0 Å². The van der Waals surface area contributed by atoms with Crippen LogP contribution in [0.15, 0.2) is 48.5 Å². The van der Waals surface area contributed by atoms with Crippen molar-refractivity contribution in [3.63, 3.8) is 0 Å². The number of nitrogens with two attached hydrogens (primary N) is 1. The third kappa shape index (κ3) is 4.02. The third-order valence-corrected chi connectivity index (χ3v) is 5.02. The molecule has 1 aliphatic carbocycles. The molecule has 0 heterocycles. The number of primary amides is 1. The molecule has 1 aliphatic rings. The molecule has 6 heteroatoms. The lowest BCUT2D eigenvalue weighted by atomic mass is 9.78. The number of anilines is 1. The summed E-state index contributed by atoms with van der Waals surface area (Å²) in [5.74, 6) is -0.431. The molecule has 2 aromatic carbocycles. The fourth-order valence-corrected chi connectivity index (χ4v) is 3.62. The van der Waals surface area contributed by atoms with Crippen molar-refractivity contribution in [2.24, 2.45) is 5.73 Å². The summed E-state index contributed by atoms with van der Waals surface area (Å²) in [7, 11) is 0. The first kappa shape index (κ1) is 17.9. The molecule has 1 fully saturated rings. The van der Waals surface area contributed by atoms with Gasteiger partial charge >= 0.3 is 6.03 Å². The van der Waals surface area contributed by atoms with E-state index >= 15 is 0 Å². The Kier molecular flexibility index (Phi) is 5.21. The lowest BCUT2D eigenvalue weighted by molar-refractivity contribution is 0.0943. The van der Waals surface area contributed by atoms with Crippen molar-refractivity contribution in [2.45, 2.75) is 31.1 Å². The van der Waals surface area contributed by atoms with Crippen LogP contribution in [0.1, 0.15) is 41.6 Å². The van der Waals surface area contributed by atoms with E-state index in [4.69, 9.17) is 5.73 Å². The summed E-state index contributed by atoms with van der Waals surface area (Å²) in [5.41, 5.74) is 7.03. The Hall–Kier alpha value is -2.89. The topological polar surface area (TPSA) is 84.2 Å². The first-order valence-electron chi connectivity index (χ1n) is 8.69. The van der Waals surface area contributed by atoms with Crippen molar-refractivity contribution in [3.8, 4) is 0 Å². The van der Waals surface area contributed by atoms with E-state index in [1.165, 1.54) is 12.1 Å². The Morgan fingerprint density at radius 1 is 1.00 bits per heavy atom. The lowest BCUT2D eigenvalue weighted by Crippen LogP contribution is -2.39. The molecule has 5 nitrogen and oxygen atoms in total. The minimum atomic E-state index is -0.648. The van der Waals surface area contributed by atoms with Crippen molar-refractivity contribution in [3.05, 3.63) is 65.5 Å². The molecule has 3 amide bonds. The molecule has 0 aliphatic heterocycles. The largest absolute Gasteiger partial charge is 0.351 e. The van der Waals surface area contributed by atoms with Crippen LogP contribution in [0.2, 0.25) is 0 Å². The molecule has 0 saturated heterocycles. The van der Waals surface area contributed by atoms with Crippen LogP contribution in [0.3, 0.4) is 0 Å². The Morgan fingerprint density at radius 3 is 2.19 bits per heavy atom. The van der Waals surface area contributed by atoms with Gasteiger partial charge in [-0.3, -0.25) is 4.79 Å². The minimum absolute atomic E-state index is 0.142. The molecule has 4 N–H and O–H groups in total. The van der Waals surface area contributed by atoms with E-state index in [0.29, 0.717) is 17.8 Å². The normalized spacial score (nSPS) is 15.4. The maximum atomic E-state index is 13.2. The maximum Gasteiger partial charge on any atom is 0.316 e. The molecular formula is C20H22FN3O2. The summed E-state index contributed by atoms with van der Waals surface area (Å²) < 4.78 is 13.2. The van der Waals surface area contributed by atoms with Crippen molar-refractivity contribution in [1.29, 1.82) is 0 Å². The van der Waals surface area contributed by atoms with Crippen molar-refractivity contribution in [1.82, 2.24) is 5.32 Å². The number of halogens is 1. The van der Waals surface area contributed by atoms with Crippen LogP contribution in [0.5, 0.6) is 0 Å². The van der Waals surface area contributed by atoms with E-state index in [1.807, 2.05) is 12.1 Å². The zero-order chi connectivity index (χ0) is 18.6. The summed E-state index contributed by atoms with van der Waals surface area (Å²) in [6.45, 7) is 0.513. The van der Waals surface area contributed by atoms with Crippen LogP contribution in [0.4, 0.5) is 14.9 Å². The highest BCUT2D eigenvalue weighted by Gasteiger charge is 2.35. The first-order valence-corrected chi connectivity index (χ1v) is 8.69. The van der Waals surface area contributed by atoms with Crippen LogP contribution in [0, 0.1) is 5.82 Å². The highest BCUT2D eigenvalue weighted by atomic mass is 19.1. The SMILES string of the molecule is NC(=O)Nc1ccc(C(=O)NCC2(c3ccc(F)cc3)CCCC2)cc1. The van der Waals surface area contributed by atoms with Crippen molar-refractivity contribution >= 4 is 17.6 Å². The van der Waals surface area contributed by atoms with Gasteiger partial charge in [0, 0.05) is 23.2 Å². The van der Waals surface area contributed by atoms with E-state index < -0.39 is 6.03 Å². The van der Waals surface area contributed by atoms with Gasteiger partial charge in [-0.25, -0.2) is 9.18 Å². The molecular weight excluding hydrogens is 333 g/mol. The second kappa shape index (κ2) is 7.56. The Morgan fingerprint density at radius 2 is 1.62 bits per heavy atom. The predicted molar refractivity (Wildman–Crippen MR) is 98.5 cm³/mol. The monoisotopic (exact) mass is 355 g/mol. The second-order valence-corrected chi connectivity index (χ2v) is 6.74. The summed E-state index contributed by atoms with van der Waals surface area (Å²) in [6, 6.07) is 12.5. The van der Waals surface area contributed by atoms with E-state index in [2.05, 4.69) is 10.6 Å². The molecule has 3 rings (SSSR count). The average molecular weight is 355 g/mol. The molecule has 1 saturated carbocycles. The molecule has 0 atom stereocenters. The second-order valence-electron chi connectivity index (χ2n) is 6.74. The quantitative estimate of drug-likeness (QED) is 0.766. The van der Waals surface area contributed by atoms with Crippen LogP contribution in [-0.2, 0) is 5.41 Å². The smallest absolute Gasteiger partial charge is 0.316 e. The predicted octanol–water partition coefficient (Wildman–Crippen LogP) is 3.56. The summed E-state index contributed by atoms with van der Waals surface area (Å²) in [6.07, 6.45) is 4.14. The number of nitrogens with one attached hydrogen (secondary N) is 2. The lowest BCUT2D eigenvalue weighted by Gasteiger charge is -2.30. The van der Waals surface area contributed by atoms with Crippen LogP contribution >= 0.6 is 0 Å². The van der Waals surface area contributed by atoms with Gasteiger partial charge in [0.05, 0.1) is 0 Å². The molecule has 0 spiro atoms. The van der Waals surface area contributed by atoms with Crippen LogP contribution in [0.25, 0.3) is 0 Å². The zero-order valence-corrected chi connectivity index (χ0v) is 14.4. The highest BCUT2D eigenvalue weighted by Crippen LogP contribution is 2.40. The molecule has 136 valence electrons. The third-order valence-electron chi connectivity index (χ3n) is 5.02. The summed E-state index contributed by atoms with van der Waals surface area (Å²) in [4.78, 5) is 23.3. The van der Waals surface area contributed by atoms with Crippen molar-refractivity contribution < 1.29 is 14.0 Å². The van der Waals surface area contributed by atoms with Gasteiger partial charge in [-0.2, -0.15) is 0 Å². The Labute approximate surface area is 151 Å². The van der Waals surface area contributed by atoms with E-state index in [9.17, 15) is 14.0 Å². The molecule has 0 unspecified atom stereocenters. The molecule has 0 aromatic heterocycles. The first-order chi connectivity index (χ1) is 12.5. The zero-order valence-electron chi connectivity index (χ0n) is 14.4.